The van der Waals surface area contributed by atoms with Crippen LogP contribution < -0.4 is 4.74 Å². The van der Waals surface area contributed by atoms with Crippen molar-refractivity contribution in [1.82, 2.24) is 9.40 Å². The van der Waals surface area contributed by atoms with Crippen molar-refractivity contribution < 1.29 is 13.2 Å². The molecule has 0 saturated carbocycles. The third-order valence-electron chi connectivity index (χ3n) is 4.45. The normalized spacial score (nSPS) is 17.2. The molecule has 1 aromatic carbocycles. The van der Waals surface area contributed by atoms with Gasteiger partial charge in [0, 0.05) is 17.4 Å². The minimum Gasteiger partial charge on any atom is -0.494 e. The van der Waals surface area contributed by atoms with E-state index in [1.807, 2.05) is 48.7 Å². The molecule has 0 spiro atoms. The van der Waals surface area contributed by atoms with Crippen LogP contribution in [0.3, 0.4) is 0 Å². The molecule has 4 rings (SSSR count). The average molecular weight is 436 g/mol. The summed E-state index contributed by atoms with van der Waals surface area (Å²) in [4.78, 5) is 5.41. The highest BCUT2D eigenvalue weighted by atomic mass is 35.5. The maximum Gasteiger partial charge on any atom is 0.247 e. The van der Waals surface area contributed by atoms with Crippen molar-refractivity contribution in [3.63, 3.8) is 0 Å². The fourth-order valence-electron chi connectivity index (χ4n) is 3.26. The minimum absolute atomic E-state index is 0.276. The molecule has 146 valence electrons. The van der Waals surface area contributed by atoms with Crippen molar-refractivity contribution in [2.75, 3.05) is 12.9 Å². The summed E-state index contributed by atoms with van der Waals surface area (Å²) in [5.41, 5.74) is 2.08. The Hall–Kier alpha value is -2.16. The number of hydrogen-bond acceptors (Lipinski definition) is 6. The standard InChI is InChI=1S/C19H18ClN3O3S2/c1-3-26-13-6-7-15-12(9-13)10-14(19(20)21-15)17-11-16(18-5-4-8-27-18)22-23(17)28(2,24)25/h4-10,17H,3,11H2,1-2H3/t17-/m1/s1. The van der Waals surface area contributed by atoms with E-state index in [0.717, 1.165) is 37.9 Å². The van der Waals surface area contributed by atoms with Gasteiger partial charge in [-0.2, -0.15) is 9.52 Å². The van der Waals surface area contributed by atoms with Crippen LogP contribution in [0.2, 0.25) is 5.15 Å². The third-order valence-corrected chi connectivity index (χ3v) is 6.69. The zero-order valence-corrected chi connectivity index (χ0v) is 17.7. The molecule has 1 aliphatic rings. The maximum absolute atomic E-state index is 12.4. The topological polar surface area (TPSA) is 71.9 Å². The quantitative estimate of drug-likeness (QED) is 0.554. The van der Waals surface area contributed by atoms with E-state index in [4.69, 9.17) is 16.3 Å². The summed E-state index contributed by atoms with van der Waals surface area (Å²) in [6, 6.07) is 10.8. The SMILES string of the molecule is CCOc1ccc2nc(Cl)c([C@H]3CC(c4cccs4)=NN3S(C)(=O)=O)cc2c1. The highest BCUT2D eigenvalue weighted by molar-refractivity contribution is 7.88. The Morgan fingerprint density at radius 3 is 2.82 bits per heavy atom. The molecule has 1 aliphatic heterocycles. The first-order chi connectivity index (χ1) is 13.4. The van der Waals surface area contributed by atoms with Gasteiger partial charge in [-0.05, 0) is 42.6 Å². The molecule has 3 heterocycles. The molecule has 0 bridgehead atoms. The summed E-state index contributed by atoms with van der Waals surface area (Å²) in [6.45, 7) is 2.48. The molecular weight excluding hydrogens is 418 g/mol. The Morgan fingerprint density at radius 1 is 1.32 bits per heavy atom. The second kappa shape index (κ2) is 7.35. The molecule has 3 aromatic rings. The molecule has 0 N–H and O–H groups in total. The number of benzene rings is 1. The van der Waals surface area contributed by atoms with Crippen LogP contribution in [0, 0.1) is 0 Å². The lowest BCUT2D eigenvalue weighted by Crippen LogP contribution is -2.26. The molecule has 2 aromatic heterocycles. The molecule has 1 atom stereocenters. The van der Waals surface area contributed by atoms with Crippen molar-refractivity contribution in [2.45, 2.75) is 19.4 Å². The van der Waals surface area contributed by atoms with E-state index in [-0.39, 0.29) is 5.15 Å². The van der Waals surface area contributed by atoms with E-state index in [1.165, 1.54) is 11.3 Å². The summed E-state index contributed by atoms with van der Waals surface area (Å²) >= 11 is 7.99. The van der Waals surface area contributed by atoms with E-state index in [2.05, 4.69) is 10.1 Å². The van der Waals surface area contributed by atoms with Crippen LogP contribution in [0.25, 0.3) is 10.9 Å². The first kappa shape index (κ1) is 19.2. The lowest BCUT2D eigenvalue weighted by molar-refractivity contribution is 0.340. The number of pyridine rings is 1. The number of thiophene rings is 1. The number of aromatic nitrogens is 1. The number of nitrogens with zero attached hydrogens (tertiary/aromatic N) is 3. The Balaban J connectivity index is 1.80. The van der Waals surface area contributed by atoms with Crippen LogP contribution in [0.15, 0.2) is 46.9 Å². The second-order valence-electron chi connectivity index (χ2n) is 6.44. The van der Waals surface area contributed by atoms with Gasteiger partial charge < -0.3 is 4.74 Å². The zero-order chi connectivity index (χ0) is 19.9. The van der Waals surface area contributed by atoms with Gasteiger partial charge in [-0.15, -0.1) is 11.3 Å². The van der Waals surface area contributed by atoms with Crippen LogP contribution in [-0.4, -0.2) is 36.4 Å². The van der Waals surface area contributed by atoms with Crippen LogP contribution in [0.1, 0.15) is 29.8 Å². The fourth-order valence-corrected chi connectivity index (χ4v) is 5.14. The zero-order valence-electron chi connectivity index (χ0n) is 15.3. The van der Waals surface area contributed by atoms with Gasteiger partial charge in [-0.1, -0.05) is 17.7 Å². The Kier molecular flexibility index (Phi) is 5.03. The van der Waals surface area contributed by atoms with Crippen molar-refractivity contribution in [3.05, 3.63) is 57.4 Å². The van der Waals surface area contributed by atoms with Crippen molar-refractivity contribution in [1.29, 1.82) is 0 Å². The fraction of sp³-hybridized carbons (Fsp3) is 0.263. The molecule has 0 aliphatic carbocycles. The first-order valence-electron chi connectivity index (χ1n) is 8.70. The Morgan fingerprint density at radius 2 is 2.14 bits per heavy atom. The van der Waals surface area contributed by atoms with Gasteiger partial charge in [0.15, 0.2) is 0 Å². The van der Waals surface area contributed by atoms with Gasteiger partial charge in [0.2, 0.25) is 10.0 Å². The molecular formula is C19H18ClN3O3S2. The smallest absolute Gasteiger partial charge is 0.247 e. The molecule has 6 nitrogen and oxygen atoms in total. The molecule has 0 radical (unpaired) electrons. The number of ether oxygens (including phenoxy) is 1. The highest BCUT2D eigenvalue weighted by Gasteiger charge is 2.36. The molecule has 28 heavy (non-hydrogen) atoms. The lowest BCUT2D eigenvalue weighted by atomic mass is 10.0. The van der Waals surface area contributed by atoms with E-state index < -0.39 is 16.1 Å². The average Bonchev–Trinajstić information content (AvgIpc) is 3.31. The van der Waals surface area contributed by atoms with Gasteiger partial charge >= 0.3 is 0 Å². The molecule has 0 amide bonds. The highest BCUT2D eigenvalue weighted by Crippen LogP contribution is 2.39. The molecule has 9 heteroatoms. The number of rotatable bonds is 5. The van der Waals surface area contributed by atoms with E-state index >= 15 is 0 Å². The summed E-state index contributed by atoms with van der Waals surface area (Å²) < 4.78 is 31.5. The summed E-state index contributed by atoms with van der Waals surface area (Å²) in [7, 11) is -3.57. The second-order valence-corrected chi connectivity index (χ2v) is 9.58. The van der Waals surface area contributed by atoms with Crippen LogP contribution in [-0.2, 0) is 10.0 Å². The Labute approximate surface area is 172 Å². The molecule has 0 saturated heterocycles. The van der Waals surface area contributed by atoms with E-state index in [9.17, 15) is 8.42 Å². The molecule has 0 unspecified atom stereocenters. The number of hydrazone groups is 1. The summed E-state index contributed by atoms with van der Waals surface area (Å²) in [5.74, 6) is 0.729. The molecule has 0 fully saturated rings. The number of fused-ring (bicyclic) bond motifs is 1. The van der Waals surface area contributed by atoms with Crippen LogP contribution in [0.4, 0.5) is 0 Å². The van der Waals surface area contributed by atoms with Gasteiger partial charge in [-0.3, -0.25) is 0 Å². The minimum atomic E-state index is -3.57. The Bertz CT molecular complexity index is 1160. The van der Waals surface area contributed by atoms with E-state index in [0.29, 0.717) is 18.6 Å². The predicted molar refractivity (Wildman–Crippen MR) is 113 cm³/mol. The lowest BCUT2D eigenvalue weighted by Gasteiger charge is -2.22. The monoisotopic (exact) mass is 435 g/mol. The van der Waals surface area contributed by atoms with Crippen molar-refractivity contribution in [2.24, 2.45) is 5.10 Å². The van der Waals surface area contributed by atoms with Crippen LogP contribution >= 0.6 is 22.9 Å². The number of hydrogen-bond donors (Lipinski definition) is 0. The van der Waals surface area contributed by atoms with Gasteiger partial charge in [0.25, 0.3) is 0 Å². The van der Waals surface area contributed by atoms with E-state index in [1.54, 1.807) is 0 Å². The van der Waals surface area contributed by atoms with Crippen molar-refractivity contribution in [3.8, 4) is 5.75 Å². The summed E-state index contributed by atoms with van der Waals surface area (Å²) in [5, 5.41) is 7.44. The van der Waals surface area contributed by atoms with Gasteiger partial charge in [0.05, 0.1) is 35.0 Å². The number of sulfonamides is 1. The van der Waals surface area contributed by atoms with Gasteiger partial charge in [-0.25, -0.2) is 13.4 Å². The predicted octanol–water partition coefficient (Wildman–Crippen LogP) is 4.46. The largest absolute Gasteiger partial charge is 0.494 e. The van der Waals surface area contributed by atoms with Gasteiger partial charge in [0.1, 0.15) is 10.9 Å². The third kappa shape index (κ3) is 3.59. The number of halogens is 1. The maximum atomic E-state index is 12.4. The van der Waals surface area contributed by atoms with Crippen molar-refractivity contribution >= 4 is 49.6 Å². The first-order valence-corrected chi connectivity index (χ1v) is 11.8. The van der Waals surface area contributed by atoms with Crippen LogP contribution in [0.5, 0.6) is 5.75 Å². The summed E-state index contributed by atoms with van der Waals surface area (Å²) in [6.07, 6.45) is 1.59.